The van der Waals surface area contributed by atoms with Crippen molar-refractivity contribution in [3.8, 4) is 28.0 Å². The molecule has 1 aliphatic carbocycles. The van der Waals surface area contributed by atoms with Crippen LogP contribution in [-0.2, 0) is 6.42 Å². The van der Waals surface area contributed by atoms with Crippen molar-refractivity contribution >= 4 is 11.8 Å². The highest BCUT2D eigenvalue weighted by Gasteiger charge is 2.27. The Kier molecular flexibility index (Phi) is 5.38. The molecular weight excluding hydrogens is 414 g/mol. The number of primary amides is 1. The summed E-state index contributed by atoms with van der Waals surface area (Å²) in [5.74, 6) is 0.327. The monoisotopic (exact) mass is 441 g/mol. The number of nitrogens with zero attached hydrogens (tertiary/aromatic N) is 1. The first-order valence-electron chi connectivity index (χ1n) is 11.2. The predicted octanol–water partition coefficient (Wildman–Crippen LogP) is 3.60. The fourth-order valence-electron chi connectivity index (χ4n) is 4.90. The van der Waals surface area contributed by atoms with Gasteiger partial charge >= 0.3 is 0 Å². The summed E-state index contributed by atoms with van der Waals surface area (Å²) in [7, 11) is 1.63. The Morgan fingerprint density at radius 1 is 0.970 bits per heavy atom. The van der Waals surface area contributed by atoms with Crippen molar-refractivity contribution in [3.05, 3.63) is 76.9 Å². The molecule has 0 saturated carbocycles. The number of fused-ring (bicyclic) bond motifs is 3. The smallest absolute Gasteiger partial charge is 0.253 e. The van der Waals surface area contributed by atoms with Crippen LogP contribution in [0.3, 0.4) is 0 Å². The highest BCUT2D eigenvalue weighted by atomic mass is 16.5. The van der Waals surface area contributed by atoms with Gasteiger partial charge in [0.2, 0.25) is 5.91 Å². The van der Waals surface area contributed by atoms with Crippen LogP contribution >= 0.6 is 0 Å². The van der Waals surface area contributed by atoms with E-state index < -0.39 is 5.91 Å². The van der Waals surface area contributed by atoms with E-state index in [0.29, 0.717) is 30.6 Å². The van der Waals surface area contributed by atoms with Crippen molar-refractivity contribution in [2.75, 3.05) is 20.2 Å². The van der Waals surface area contributed by atoms with Gasteiger partial charge in [-0.3, -0.25) is 9.59 Å². The average Bonchev–Trinajstić information content (AvgIpc) is 3.21. The minimum Gasteiger partial charge on any atom is -0.497 e. The van der Waals surface area contributed by atoms with E-state index in [4.69, 9.17) is 16.2 Å². The number of carbonyl (C=O) groups excluding carboxylic acids is 2. The van der Waals surface area contributed by atoms with Crippen LogP contribution in [0.15, 0.2) is 54.6 Å². The lowest BCUT2D eigenvalue weighted by atomic mass is 9.94. The van der Waals surface area contributed by atoms with Gasteiger partial charge in [-0.2, -0.15) is 0 Å². The largest absolute Gasteiger partial charge is 0.497 e. The zero-order valence-electron chi connectivity index (χ0n) is 18.6. The van der Waals surface area contributed by atoms with Crippen LogP contribution in [-0.4, -0.2) is 43.0 Å². The maximum Gasteiger partial charge on any atom is 0.253 e. The van der Waals surface area contributed by atoms with Crippen molar-refractivity contribution in [2.45, 2.75) is 25.3 Å². The van der Waals surface area contributed by atoms with E-state index in [1.807, 2.05) is 53.4 Å². The Balaban J connectivity index is 1.53. The van der Waals surface area contributed by atoms with E-state index in [0.717, 1.165) is 52.0 Å². The van der Waals surface area contributed by atoms with Crippen molar-refractivity contribution in [2.24, 2.45) is 11.5 Å². The molecule has 168 valence electrons. The van der Waals surface area contributed by atoms with Crippen molar-refractivity contribution < 1.29 is 14.3 Å². The molecule has 0 aromatic heterocycles. The predicted molar refractivity (Wildman–Crippen MR) is 128 cm³/mol. The van der Waals surface area contributed by atoms with Crippen molar-refractivity contribution in [1.82, 2.24) is 4.90 Å². The van der Waals surface area contributed by atoms with E-state index in [1.165, 1.54) is 0 Å². The number of amides is 2. The maximum absolute atomic E-state index is 13.1. The fraction of sp³-hybridized carbons (Fsp3) is 0.259. The molecule has 0 unspecified atom stereocenters. The van der Waals surface area contributed by atoms with Crippen LogP contribution in [0.1, 0.15) is 44.7 Å². The topological polar surface area (TPSA) is 98.6 Å². The molecule has 1 saturated heterocycles. The second kappa shape index (κ2) is 8.37. The van der Waals surface area contributed by atoms with Crippen LogP contribution in [0.2, 0.25) is 0 Å². The molecular formula is C27H27N3O3. The van der Waals surface area contributed by atoms with Crippen LogP contribution in [0.4, 0.5) is 0 Å². The van der Waals surface area contributed by atoms with Gasteiger partial charge in [0.25, 0.3) is 5.91 Å². The molecule has 2 aliphatic rings. The Labute approximate surface area is 193 Å². The molecule has 3 aromatic rings. The van der Waals surface area contributed by atoms with Gasteiger partial charge in [-0.25, -0.2) is 0 Å². The average molecular weight is 442 g/mol. The van der Waals surface area contributed by atoms with Gasteiger partial charge in [0.05, 0.1) is 7.11 Å². The van der Waals surface area contributed by atoms with Crippen molar-refractivity contribution in [3.63, 3.8) is 0 Å². The van der Waals surface area contributed by atoms with Gasteiger partial charge in [-0.15, -0.1) is 0 Å². The first-order valence-corrected chi connectivity index (χ1v) is 11.2. The van der Waals surface area contributed by atoms with E-state index in [1.54, 1.807) is 7.11 Å². The normalized spacial score (nSPS) is 15.2. The summed E-state index contributed by atoms with van der Waals surface area (Å²) in [6.45, 7) is 1.38. The molecule has 33 heavy (non-hydrogen) atoms. The molecule has 0 bridgehead atoms. The maximum atomic E-state index is 13.1. The molecule has 1 fully saturated rings. The lowest BCUT2D eigenvalue weighted by Crippen LogP contribution is -2.42. The number of hydrogen-bond acceptors (Lipinski definition) is 4. The molecule has 4 N–H and O–H groups in total. The lowest BCUT2D eigenvalue weighted by molar-refractivity contribution is 0.0714. The number of carbonyl (C=O) groups is 2. The highest BCUT2D eigenvalue weighted by molar-refractivity contribution is 6.01. The van der Waals surface area contributed by atoms with Gasteiger partial charge in [0.15, 0.2) is 0 Å². The van der Waals surface area contributed by atoms with Gasteiger partial charge < -0.3 is 21.1 Å². The number of hydrogen-bond donors (Lipinski definition) is 2. The van der Waals surface area contributed by atoms with Gasteiger partial charge in [0, 0.05) is 30.3 Å². The Bertz CT molecular complexity index is 1260. The summed E-state index contributed by atoms with van der Waals surface area (Å²) in [6, 6.07) is 17.7. The SMILES string of the molecule is COc1cccc(-c2cc(C(N)=O)c3c(c2)-c2ccc(C(=O)N4CCC(N)CC4)cc2C3)c1. The van der Waals surface area contributed by atoms with E-state index in [2.05, 4.69) is 6.07 Å². The Morgan fingerprint density at radius 3 is 2.48 bits per heavy atom. The number of likely N-dealkylation sites (tertiary alicyclic amines) is 1. The summed E-state index contributed by atoms with van der Waals surface area (Å²) >= 11 is 0. The second-order valence-corrected chi connectivity index (χ2v) is 8.82. The number of nitrogens with two attached hydrogens (primary N) is 2. The molecule has 2 amide bonds. The lowest BCUT2D eigenvalue weighted by Gasteiger charge is -2.30. The number of methoxy groups -OCH3 is 1. The summed E-state index contributed by atoms with van der Waals surface area (Å²) in [5, 5.41) is 0. The minimum atomic E-state index is -0.454. The molecule has 1 heterocycles. The van der Waals surface area contributed by atoms with Crippen molar-refractivity contribution in [1.29, 1.82) is 0 Å². The second-order valence-electron chi connectivity index (χ2n) is 8.82. The summed E-state index contributed by atoms with van der Waals surface area (Å²) < 4.78 is 5.36. The number of ether oxygens (including phenoxy) is 1. The van der Waals surface area contributed by atoms with Crippen LogP contribution in [0, 0.1) is 0 Å². The summed E-state index contributed by atoms with van der Waals surface area (Å²) in [5.41, 5.74) is 18.8. The third-order valence-electron chi connectivity index (χ3n) is 6.75. The third kappa shape index (κ3) is 3.87. The summed E-state index contributed by atoms with van der Waals surface area (Å²) in [6.07, 6.45) is 2.24. The Morgan fingerprint density at radius 2 is 1.76 bits per heavy atom. The zero-order chi connectivity index (χ0) is 23.1. The third-order valence-corrected chi connectivity index (χ3v) is 6.75. The number of piperidine rings is 1. The quantitative estimate of drug-likeness (QED) is 0.506. The first-order chi connectivity index (χ1) is 15.9. The first kappa shape index (κ1) is 21.2. The van der Waals surface area contributed by atoms with Gasteiger partial charge in [-0.05, 0) is 89.0 Å². The van der Waals surface area contributed by atoms with E-state index >= 15 is 0 Å². The van der Waals surface area contributed by atoms with Crippen LogP contribution in [0.5, 0.6) is 5.75 Å². The molecule has 3 aromatic carbocycles. The van der Waals surface area contributed by atoms with Crippen LogP contribution in [0.25, 0.3) is 22.3 Å². The van der Waals surface area contributed by atoms with Gasteiger partial charge in [-0.1, -0.05) is 18.2 Å². The molecule has 1 aliphatic heterocycles. The highest BCUT2D eigenvalue weighted by Crippen LogP contribution is 2.42. The zero-order valence-corrected chi connectivity index (χ0v) is 18.6. The molecule has 0 atom stereocenters. The van der Waals surface area contributed by atoms with E-state index in [-0.39, 0.29) is 11.9 Å². The number of rotatable bonds is 4. The molecule has 0 radical (unpaired) electrons. The Hall–Kier alpha value is -3.64. The molecule has 6 heteroatoms. The van der Waals surface area contributed by atoms with E-state index in [9.17, 15) is 9.59 Å². The molecule has 6 nitrogen and oxygen atoms in total. The van der Waals surface area contributed by atoms with Crippen LogP contribution < -0.4 is 16.2 Å². The molecule has 0 spiro atoms. The van der Waals surface area contributed by atoms with Gasteiger partial charge in [0.1, 0.15) is 5.75 Å². The standard InChI is InChI=1S/C27H27N3O3/c1-33-21-4-2-3-16(12-21)18-13-23-22-6-5-17(27(32)30-9-7-20(28)8-10-30)11-19(22)15-24(23)25(14-18)26(29)31/h2-6,11-14,20H,7-10,15,28H2,1H3,(H2,29,31). The minimum absolute atomic E-state index is 0.0350. The number of benzene rings is 3. The fourth-order valence-corrected chi connectivity index (χ4v) is 4.90. The molecule has 5 rings (SSSR count). The summed E-state index contributed by atoms with van der Waals surface area (Å²) in [4.78, 5) is 27.3.